The molecule has 1 heterocycles. The molecule has 9 heteroatoms. The number of nitrogens with one attached hydrogen (secondary N) is 2. The molecule has 0 unspecified atom stereocenters. The van der Waals surface area contributed by atoms with Crippen LogP contribution in [0, 0.1) is 0 Å². The number of rotatable bonds is 6. The quantitative estimate of drug-likeness (QED) is 0.452. The minimum Gasteiger partial charge on any atom is -0.469 e. The third-order valence-corrected chi connectivity index (χ3v) is 4.33. The normalized spacial score (nSPS) is 11.6. The molecule has 2 rings (SSSR count). The van der Waals surface area contributed by atoms with Gasteiger partial charge in [0.2, 0.25) is 5.91 Å². The van der Waals surface area contributed by atoms with E-state index in [-0.39, 0.29) is 23.2 Å². The molecule has 132 valence electrons. The van der Waals surface area contributed by atoms with Crippen molar-refractivity contribution in [1.82, 2.24) is 9.97 Å². The molecule has 2 N–H and O–H groups in total. The number of anilines is 1. The number of methoxy groups -OCH3 is 1. The molecule has 0 radical (unpaired) electrons. The van der Waals surface area contributed by atoms with Gasteiger partial charge in [-0.1, -0.05) is 23.4 Å². The van der Waals surface area contributed by atoms with Crippen molar-refractivity contribution < 1.29 is 14.3 Å². The van der Waals surface area contributed by atoms with Crippen LogP contribution in [0.5, 0.6) is 0 Å². The van der Waals surface area contributed by atoms with Crippen molar-refractivity contribution in [3.63, 3.8) is 0 Å². The van der Waals surface area contributed by atoms with Gasteiger partial charge in [0.1, 0.15) is 0 Å². The van der Waals surface area contributed by atoms with Crippen LogP contribution in [0.1, 0.15) is 12.6 Å². The average Bonchev–Trinajstić information content (AvgIpc) is 2.56. The van der Waals surface area contributed by atoms with Gasteiger partial charge in [0.05, 0.1) is 24.5 Å². The predicted octanol–water partition coefficient (Wildman–Crippen LogP) is 2.26. The van der Waals surface area contributed by atoms with Gasteiger partial charge in [-0.3, -0.25) is 14.4 Å². The van der Waals surface area contributed by atoms with E-state index >= 15 is 0 Å². The van der Waals surface area contributed by atoms with Gasteiger partial charge in [0.15, 0.2) is 5.16 Å². The molecule has 2 aromatic rings. The molecule has 0 spiro atoms. The lowest BCUT2D eigenvalue weighted by Crippen LogP contribution is -2.23. The first-order chi connectivity index (χ1) is 11.9. The number of benzene rings is 1. The number of amides is 1. The molecule has 0 aliphatic rings. The molecular weight excluding hydrogens is 366 g/mol. The molecule has 0 bridgehead atoms. The van der Waals surface area contributed by atoms with Crippen molar-refractivity contribution in [1.29, 1.82) is 0 Å². The molecule has 0 saturated heterocycles. The summed E-state index contributed by atoms with van der Waals surface area (Å²) in [4.78, 5) is 41.9. The van der Waals surface area contributed by atoms with E-state index in [4.69, 9.17) is 11.6 Å². The molecule has 0 saturated carbocycles. The lowest BCUT2D eigenvalue weighted by molar-refractivity contribution is -0.139. The number of thioether (sulfide) groups is 1. The fraction of sp³-hybridized carbons (Fsp3) is 0.250. The standard InChI is InChI=1S/C16H16ClN3O4S/c1-9(15(23)18-11-5-3-10(17)4-6-11)25-16-19-12(7-13(21)20-16)8-14(22)24-2/h3-7,9H,8H2,1-2H3,(H,18,23)(H,19,20,21)/t9-/m1/s1. The zero-order chi connectivity index (χ0) is 18.4. The minimum absolute atomic E-state index is 0.112. The Morgan fingerprint density at radius 1 is 1.36 bits per heavy atom. The third-order valence-electron chi connectivity index (χ3n) is 3.10. The van der Waals surface area contributed by atoms with Gasteiger partial charge in [-0.15, -0.1) is 0 Å². The second-order valence-corrected chi connectivity index (χ2v) is 6.82. The average molecular weight is 382 g/mol. The zero-order valence-electron chi connectivity index (χ0n) is 13.5. The number of halogens is 1. The number of aromatic nitrogens is 2. The number of carbonyl (C=O) groups is 2. The number of ether oxygens (including phenoxy) is 1. The summed E-state index contributed by atoms with van der Waals surface area (Å²) in [6.45, 7) is 1.68. The van der Waals surface area contributed by atoms with E-state index in [0.29, 0.717) is 10.7 Å². The van der Waals surface area contributed by atoms with Gasteiger partial charge < -0.3 is 15.0 Å². The van der Waals surface area contributed by atoms with Gasteiger partial charge in [-0.25, -0.2) is 4.98 Å². The summed E-state index contributed by atoms with van der Waals surface area (Å²) >= 11 is 6.88. The Bertz CT molecular complexity index is 823. The predicted molar refractivity (Wildman–Crippen MR) is 96.0 cm³/mol. The first-order valence-corrected chi connectivity index (χ1v) is 8.53. The van der Waals surface area contributed by atoms with Crippen molar-refractivity contribution in [3.05, 3.63) is 51.4 Å². The molecule has 0 fully saturated rings. The van der Waals surface area contributed by atoms with E-state index in [2.05, 4.69) is 20.0 Å². The zero-order valence-corrected chi connectivity index (χ0v) is 15.1. The largest absolute Gasteiger partial charge is 0.469 e. The summed E-state index contributed by atoms with van der Waals surface area (Å²) < 4.78 is 4.56. The van der Waals surface area contributed by atoms with Crippen LogP contribution in [0.3, 0.4) is 0 Å². The van der Waals surface area contributed by atoms with E-state index < -0.39 is 16.8 Å². The van der Waals surface area contributed by atoms with Gasteiger partial charge in [0.25, 0.3) is 5.56 Å². The molecule has 0 aliphatic carbocycles. The number of nitrogens with zero attached hydrogens (tertiary/aromatic N) is 1. The van der Waals surface area contributed by atoms with E-state index in [9.17, 15) is 14.4 Å². The van der Waals surface area contributed by atoms with Crippen molar-refractivity contribution in [2.45, 2.75) is 23.8 Å². The van der Waals surface area contributed by atoms with Crippen molar-refractivity contribution in [2.75, 3.05) is 12.4 Å². The van der Waals surface area contributed by atoms with Gasteiger partial charge in [-0.05, 0) is 31.2 Å². The SMILES string of the molecule is COC(=O)Cc1cc(=O)[nH]c(S[C@H](C)C(=O)Nc2ccc(Cl)cc2)n1. The highest BCUT2D eigenvalue weighted by atomic mass is 35.5. The molecule has 1 aromatic heterocycles. The third kappa shape index (κ3) is 5.91. The highest BCUT2D eigenvalue weighted by Crippen LogP contribution is 2.21. The fourth-order valence-corrected chi connectivity index (χ4v) is 2.80. The van der Waals surface area contributed by atoms with Gasteiger partial charge in [-0.2, -0.15) is 0 Å². The van der Waals surface area contributed by atoms with Crippen molar-refractivity contribution in [2.24, 2.45) is 0 Å². The maximum atomic E-state index is 12.2. The van der Waals surface area contributed by atoms with Crippen LogP contribution in [-0.2, 0) is 20.7 Å². The minimum atomic E-state index is -0.521. The number of aromatic amines is 1. The number of hydrogen-bond donors (Lipinski definition) is 2. The first-order valence-electron chi connectivity index (χ1n) is 7.27. The van der Waals surface area contributed by atoms with Gasteiger partial charge >= 0.3 is 5.97 Å². The van der Waals surface area contributed by atoms with E-state index in [1.165, 1.54) is 13.2 Å². The Kier molecular flexibility index (Phi) is 6.60. The molecular formula is C16H16ClN3O4S. The lowest BCUT2D eigenvalue weighted by atomic mass is 10.3. The topological polar surface area (TPSA) is 101 Å². The Balaban J connectivity index is 2.04. The van der Waals surface area contributed by atoms with Crippen LogP contribution in [0.4, 0.5) is 5.69 Å². The summed E-state index contributed by atoms with van der Waals surface area (Å²) in [5, 5.41) is 3.05. The van der Waals surface area contributed by atoms with Crippen molar-refractivity contribution in [3.8, 4) is 0 Å². The number of carbonyl (C=O) groups excluding carboxylic acids is 2. The van der Waals surface area contributed by atoms with Crippen LogP contribution in [-0.4, -0.2) is 34.2 Å². The molecule has 7 nitrogen and oxygen atoms in total. The van der Waals surface area contributed by atoms with Crippen LogP contribution in [0.25, 0.3) is 0 Å². The second-order valence-electron chi connectivity index (χ2n) is 5.05. The van der Waals surface area contributed by atoms with Crippen LogP contribution < -0.4 is 10.9 Å². The second kappa shape index (κ2) is 8.68. The lowest BCUT2D eigenvalue weighted by Gasteiger charge is -2.12. The number of H-pyrrole nitrogens is 1. The summed E-state index contributed by atoms with van der Waals surface area (Å²) in [7, 11) is 1.26. The highest BCUT2D eigenvalue weighted by Gasteiger charge is 2.17. The van der Waals surface area contributed by atoms with E-state index in [0.717, 1.165) is 11.8 Å². The van der Waals surface area contributed by atoms with Crippen LogP contribution in [0.2, 0.25) is 5.02 Å². The number of hydrogen-bond acceptors (Lipinski definition) is 6. The molecule has 1 aromatic carbocycles. The summed E-state index contributed by atoms with van der Waals surface area (Å²) in [5.74, 6) is -0.754. The van der Waals surface area contributed by atoms with Crippen LogP contribution >= 0.6 is 23.4 Å². The van der Waals surface area contributed by atoms with Crippen molar-refractivity contribution >= 4 is 40.9 Å². The maximum absolute atomic E-state index is 12.2. The molecule has 1 atom stereocenters. The Morgan fingerprint density at radius 2 is 2.04 bits per heavy atom. The smallest absolute Gasteiger partial charge is 0.311 e. The van der Waals surface area contributed by atoms with Gasteiger partial charge in [0, 0.05) is 16.8 Å². The van der Waals surface area contributed by atoms with Crippen LogP contribution in [0.15, 0.2) is 40.3 Å². The van der Waals surface area contributed by atoms with E-state index in [1.807, 2.05) is 0 Å². The fourth-order valence-electron chi connectivity index (χ4n) is 1.85. The Morgan fingerprint density at radius 3 is 2.68 bits per heavy atom. The first kappa shape index (κ1) is 19.0. The summed E-state index contributed by atoms with van der Waals surface area (Å²) in [5.41, 5.74) is 0.493. The Labute approximate surface area is 153 Å². The number of esters is 1. The summed E-state index contributed by atoms with van der Waals surface area (Å²) in [6.07, 6.45) is -0.112. The molecule has 1 amide bonds. The molecule has 25 heavy (non-hydrogen) atoms. The van der Waals surface area contributed by atoms with E-state index in [1.54, 1.807) is 31.2 Å². The Hall–Kier alpha value is -2.32. The summed E-state index contributed by atoms with van der Waals surface area (Å²) in [6, 6.07) is 7.94. The maximum Gasteiger partial charge on any atom is 0.311 e. The monoisotopic (exact) mass is 381 g/mol. The highest BCUT2D eigenvalue weighted by molar-refractivity contribution is 8.00. The molecule has 0 aliphatic heterocycles.